The smallest absolute Gasteiger partial charge is 0.325 e. The Morgan fingerprint density at radius 1 is 1.24 bits per heavy atom. The SMILES string of the molecule is COC(=O)CNC(=O)c1nc(-c2ccc(Cl)cc2Cl)c2ccccn12. The Morgan fingerprint density at radius 2 is 2.04 bits per heavy atom. The fraction of sp³-hybridized carbons (Fsp3) is 0.118. The summed E-state index contributed by atoms with van der Waals surface area (Å²) in [4.78, 5) is 28.1. The molecule has 25 heavy (non-hydrogen) atoms. The van der Waals surface area contributed by atoms with Crippen LogP contribution in [-0.4, -0.2) is 34.9 Å². The first-order valence-corrected chi connectivity index (χ1v) is 8.04. The average Bonchev–Trinajstić information content (AvgIpc) is 2.99. The van der Waals surface area contributed by atoms with Crippen LogP contribution in [0, 0.1) is 0 Å². The molecule has 0 aliphatic heterocycles. The maximum absolute atomic E-state index is 12.4. The number of hydrogen-bond donors (Lipinski definition) is 1. The molecule has 0 aliphatic rings. The number of rotatable bonds is 4. The Bertz CT molecular complexity index is 969. The van der Waals surface area contributed by atoms with Crippen molar-refractivity contribution in [2.45, 2.75) is 0 Å². The number of pyridine rings is 1. The molecule has 6 nitrogen and oxygen atoms in total. The molecule has 2 heterocycles. The van der Waals surface area contributed by atoms with Gasteiger partial charge in [0.2, 0.25) is 5.82 Å². The molecule has 1 N–H and O–H groups in total. The molecule has 128 valence electrons. The normalized spacial score (nSPS) is 10.7. The van der Waals surface area contributed by atoms with Crippen LogP contribution in [-0.2, 0) is 9.53 Å². The van der Waals surface area contributed by atoms with Crippen LogP contribution in [0.5, 0.6) is 0 Å². The second-order valence-electron chi connectivity index (χ2n) is 5.12. The van der Waals surface area contributed by atoms with Gasteiger partial charge in [0.25, 0.3) is 5.91 Å². The minimum atomic E-state index is -0.546. The van der Waals surface area contributed by atoms with Gasteiger partial charge < -0.3 is 10.1 Å². The summed E-state index contributed by atoms with van der Waals surface area (Å²) in [5, 5.41) is 3.42. The number of hydrogen-bond acceptors (Lipinski definition) is 4. The van der Waals surface area contributed by atoms with Gasteiger partial charge in [0.1, 0.15) is 6.54 Å². The van der Waals surface area contributed by atoms with E-state index in [-0.39, 0.29) is 12.4 Å². The van der Waals surface area contributed by atoms with Crippen LogP contribution in [0.1, 0.15) is 10.6 Å². The number of carbonyl (C=O) groups excluding carboxylic acids is 2. The highest BCUT2D eigenvalue weighted by Crippen LogP contribution is 2.32. The first-order valence-electron chi connectivity index (χ1n) is 7.29. The number of ether oxygens (including phenoxy) is 1. The van der Waals surface area contributed by atoms with Gasteiger partial charge in [-0.1, -0.05) is 29.3 Å². The number of esters is 1. The van der Waals surface area contributed by atoms with Crippen LogP contribution in [0.2, 0.25) is 10.0 Å². The lowest BCUT2D eigenvalue weighted by molar-refractivity contribution is -0.139. The zero-order chi connectivity index (χ0) is 18.0. The standard InChI is InChI=1S/C17H13Cl2N3O3/c1-25-14(23)9-20-17(24)16-21-15(13-4-2-3-7-22(13)16)11-6-5-10(18)8-12(11)19/h2-8H,9H2,1H3,(H,20,24). The van der Waals surface area contributed by atoms with E-state index in [1.807, 2.05) is 12.1 Å². The van der Waals surface area contributed by atoms with E-state index in [2.05, 4.69) is 15.0 Å². The Hall–Kier alpha value is -2.57. The van der Waals surface area contributed by atoms with Gasteiger partial charge in [0.05, 0.1) is 23.3 Å². The number of nitrogens with zero attached hydrogens (tertiary/aromatic N) is 2. The van der Waals surface area contributed by atoms with Gasteiger partial charge in [-0.05, 0) is 30.3 Å². The molecule has 0 radical (unpaired) electrons. The Morgan fingerprint density at radius 3 is 2.76 bits per heavy atom. The van der Waals surface area contributed by atoms with E-state index < -0.39 is 11.9 Å². The molecule has 0 aliphatic carbocycles. The Labute approximate surface area is 153 Å². The molecule has 8 heteroatoms. The van der Waals surface area contributed by atoms with Crippen LogP contribution in [0.3, 0.4) is 0 Å². The first kappa shape index (κ1) is 17.3. The topological polar surface area (TPSA) is 72.7 Å². The average molecular weight is 378 g/mol. The lowest BCUT2D eigenvalue weighted by Gasteiger charge is -2.03. The second-order valence-corrected chi connectivity index (χ2v) is 5.97. The van der Waals surface area contributed by atoms with Gasteiger partial charge in [-0.25, -0.2) is 4.98 Å². The van der Waals surface area contributed by atoms with Crippen molar-refractivity contribution in [3.05, 3.63) is 58.5 Å². The molecule has 1 amide bonds. The molecular formula is C17H13Cl2N3O3. The van der Waals surface area contributed by atoms with Gasteiger partial charge in [-0.2, -0.15) is 0 Å². The van der Waals surface area contributed by atoms with Crippen LogP contribution in [0.15, 0.2) is 42.6 Å². The van der Waals surface area contributed by atoms with E-state index in [0.29, 0.717) is 26.8 Å². The van der Waals surface area contributed by atoms with Crippen molar-refractivity contribution < 1.29 is 14.3 Å². The van der Waals surface area contributed by atoms with E-state index in [1.165, 1.54) is 7.11 Å². The molecule has 0 unspecified atom stereocenters. The predicted octanol–water partition coefficient (Wildman–Crippen LogP) is 3.21. The van der Waals surface area contributed by atoms with E-state index in [4.69, 9.17) is 23.2 Å². The highest BCUT2D eigenvalue weighted by Gasteiger charge is 2.20. The molecule has 3 rings (SSSR count). The number of amides is 1. The van der Waals surface area contributed by atoms with Gasteiger partial charge in [-0.15, -0.1) is 0 Å². The third-order valence-corrected chi connectivity index (χ3v) is 4.11. The number of carbonyl (C=O) groups is 2. The third-order valence-electron chi connectivity index (χ3n) is 3.56. The number of halogens is 2. The maximum Gasteiger partial charge on any atom is 0.325 e. The molecule has 1 aromatic carbocycles. The summed E-state index contributed by atoms with van der Waals surface area (Å²) in [5.41, 5.74) is 1.90. The summed E-state index contributed by atoms with van der Waals surface area (Å²) in [6.07, 6.45) is 1.71. The molecule has 0 saturated carbocycles. The van der Waals surface area contributed by atoms with E-state index in [0.717, 1.165) is 0 Å². The third kappa shape index (κ3) is 3.45. The van der Waals surface area contributed by atoms with E-state index in [9.17, 15) is 9.59 Å². The van der Waals surface area contributed by atoms with Crippen molar-refractivity contribution in [1.82, 2.24) is 14.7 Å². The van der Waals surface area contributed by atoms with Crippen LogP contribution < -0.4 is 5.32 Å². The molecule has 2 aromatic heterocycles. The number of fused-ring (bicyclic) bond motifs is 1. The summed E-state index contributed by atoms with van der Waals surface area (Å²) in [5.74, 6) is -0.904. The maximum atomic E-state index is 12.4. The quantitative estimate of drug-likeness (QED) is 0.708. The van der Waals surface area contributed by atoms with Gasteiger partial charge >= 0.3 is 5.97 Å². The monoisotopic (exact) mass is 377 g/mol. The van der Waals surface area contributed by atoms with Crippen LogP contribution in [0.4, 0.5) is 0 Å². The van der Waals surface area contributed by atoms with Gasteiger partial charge in [0, 0.05) is 16.8 Å². The largest absolute Gasteiger partial charge is 0.468 e. The lowest BCUT2D eigenvalue weighted by Crippen LogP contribution is -2.31. The van der Waals surface area contributed by atoms with E-state index in [1.54, 1.807) is 34.9 Å². The van der Waals surface area contributed by atoms with Crippen molar-refractivity contribution in [1.29, 1.82) is 0 Å². The van der Waals surface area contributed by atoms with Crippen molar-refractivity contribution in [2.24, 2.45) is 0 Å². The molecular weight excluding hydrogens is 365 g/mol. The summed E-state index contributed by atoms with van der Waals surface area (Å²) in [7, 11) is 1.25. The van der Waals surface area contributed by atoms with E-state index >= 15 is 0 Å². The van der Waals surface area contributed by atoms with Gasteiger partial charge in [0.15, 0.2) is 0 Å². The fourth-order valence-corrected chi connectivity index (χ4v) is 2.88. The van der Waals surface area contributed by atoms with Crippen LogP contribution >= 0.6 is 23.2 Å². The fourth-order valence-electron chi connectivity index (χ4n) is 2.38. The summed E-state index contributed by atoms with van der Waals surface area (Å²) >= 11 is 12.2. The molecule has 0 bridgehead atoms. The van der Waals surface area contributed by atoms with Gasteiger partial charge in [-0.3, -0.25) is 14.0 Å². The minimum Gasteiger partial charge on any atom is -0.468 e. The zero-order valence-electron chi connectivity index (χ0n) is 13.1. The summed E-state index contributed by atoms with van der Waals surface area (Å²) < 4.78 is 6.15. The Balaban J connectivity index is 2.07. The number of aromatic nitrogens is 2. The highest BCUT2D eigenvalue weighted by atomic mass is 35.5. The first-order chi connectivity index (χ1) is 12.0. The summed E-state index contributed by atoms with van der Waals surface area (Å²) in [6.45, 7) is -0.242. The van der Waals surface area contributed by atoms with Crippen molar-refractivity contribution in [3.8, 4) is 11.3 Å². The number of nitrogens with one attached hydrogen (secondary N) is 1. The number of imidazole rings is 1. The zero-order valence-corrected chi connectivity index (χ0v) is 14.6. The predicted molar refractivity (Wildman–Crippen MR) is 95.0 cm³/mol. The van der Waals surface area contributed by atoms with Crippen molar-refractivity contribution >= 4 is 40.6 Å². The van der Waals surface area contributed by atoms with Crippen molar-refractivity contribution in [3.63, 3.8) is 0 Å². The molecule has 0 fully saturated rings. The second kappa shape index (κ2) is 7.13. The highest BCUT2D eigenvalue weighted by molar-refractivity contribution is 6.36. The number of methoxy groups -OCH3 is 1. The lowest BCUT2D eigenvalue weighted by atomic mass is 10.1. The Kier molecular flexibility index (Phi) is 4.92. The number of benzene rings is 1. The molecule has 0 atom stereocenters. The summed E-state index contributed by atoms with van der Waals surface area (Å²) in [6, 6.07) is 10.5. The van der Waals surface area contributed by atoms with Crippen LogP contribution in [0.25, 0.3) is 16.8 Å². The molecule has 3 aromatic rings. The molecule has 0 saturated heterocycles. The molecule has 0 spiro atoms. The van der Waals surface area contributed by atoms with Crippen molar-refractivity contribution in [2.75, 3.05) is 13.7 Å². The minimum absolute atomic E-state index is 0.139.